The molecule has 0 spiro atoms. The molecule has 23 heavy (non-hydrogen) atoms. The van der Waals surface area contributed by atoms with E-state index in [1.165, 1.54) is 11.8 Å². The van der Waals surface area contributed by atoms with Crippen LogP contribution in [0.25, 0.3) is 22.0 Å². The Morgan fingerprint density at radius 1 is 1.35 bits per heavy atom. The van der Waals surface area contributed by atoms with Gasteiger partial charge in [0.2, 0.25) is 11.1 Å². The van der Waals surface area contributed by atoms with Crippen molar-refractivity contribution in [1.29, 1.82) is 0 Å². The van der Waals surface area contributed by atoms with Gasteiger partial charge in [-0.2, -0.15) is 0 Å². The van der Waals surface area contributed by atoms with Crippen LogP contribution >= 0.6 is 11.8 Å². The summed E-state index contributed by atoms with van der Waals surface area (Å²) in [6.07, 6.45) is 3.22. The van der Waals surface area contributed by atoms with Crippen molar-refractivity contribution in [2.75, 3.05) is 0 Å². The molecule has 4 aromatic rings. The average Bonchev–Trinajstić information content (AvgIpc) is 3.10. The monoisotopic (exact) mass is 325 g/mol. The molecule has 0 aliphatic heterocycles. The molecule has 1 N–H and O–H groups in total. The number of para-hydroxylation sites is 1. The number of benzene rings is 1. The van der Waals surface area contributed by atoms with Gasteiger partial charge in [0, 0.05) is 23.9 Å². The number of nitrogens with one attached hydrogen (secondary N) is 1. The number of aryl methyl sites for hydroxylation is 2. The lowest BCUT2D eigenvalue weighted by Crippen LogP contribution is -2.04. The van der Waals surface area contributed by atoms with Crippen LogP contribution in [0.15, 0.2) is 51.0 Å². The lowest BCUT2D eigenvalue weighted by molar-refractivity contribution is 0.562. The summed E-state index contributed by atoms with van der Waals surface area (Å²) in [6, 6.07) is 7.85. The fraction of sp³-hybridized carbons (Fsp3) is 0.176. The van der Waals surface area contributed by atoms with Crippen LogP contribution in [0.2, 0.25) is 0 Å². The third-order valence-corrected chi connectivity index (χ3v) is 5.09. The van der Waals surface area contributed by atoms with E-state index in [4.69, 9.17) is 4.42 Å². The molecule has 0 saturated heterocycles. The Morgan fingerprint density at radius 2 is 2.17 bits per heavy atom. The lowest BCUT2D eigenvalue weighted by Gasteiger charge is -2.01. The van der Waals surface area contributed by atoms with Gasteiger partial charge < -0.3 is 14.0 Å². The fourth-order valence-corrected chi connectivity index (χ4v) is 3.72. The number of thioether (sulfide) groups is 1. The molecule has 0 fully saturated rings. The van der Waals surface area contributed by atoms with Crippen molar-refractivity contribution in [3.05, 3.63) is 58.5 Å². The van der Waals surface area contributed by atoms with E-state index in [9.17, 15) is 4.79 Å². The number of hydrogen-bond donors (Lipinski definition) is 1. The minimum atomic E-state index is 0.0150. The molecule has 116 valence electrons. The predicted molar refractivity (Wildman–Crippen MR) is 91.8 cm³/mol. The maximum Gasteiger partial charge on any atom is 0.211 e. The maximum absolute atomic E-state index is 12.9. The molecule has 0 aliphatic carbocycles. The summed E-state index contributed by atoms with van der Waals surface area (Å²) >= 11 is 1.45. The second-order valence-electron chi connectivity index (χ2n) is 5.45. The molecule has 5 nitrogen and oxygen atoms in total. The van der Waals surface area contributed by atoms with E-state index in [1.54, 1.807) is 12.6 Å². The van der Waals surface area contributed by atoms with Gasteiger partial charge in [-0.15, -0.1) is 11.8 Å². The van der Waals surface area contributed by atoms with Crippen LogP contribution in [0.1, 0.15) is 11.4 Å². The summed E-state index contributed by atoms with van der Waals surface area (Å²) in [5.41, 5.74) is 3.59. The number of hydrogen-bond acceptors (Lipinski definition) is 4. The Bertz CT molecular complexity index is 1070. The molecule has 3 aromatic heterocycles. The zero-order chi connectivity index (χ0) is 16.0. The molecule has 0 amide bonds. The molecule has 1 aromatic carbocycles. The van der Waals surface area contributed by atoms with Gasteiger partial charge in [-0.25, -0.2) is 4.98 Å². The molecule has 0 unspecified atom stereocenters. The van der Waals surface area contributed by atoms with E-state index in [1.807, 2.05) is 42.8 Å². The highest BCUT2D eigenvalue weighted by atomic mass is 32.2. The predicted octanol–water partition coefficient (Wildman–Crippen LogP) is 3.61. The Labute approximate surface area is 136 Å². The van der Waals surface area contributed by atoms with Crippen molar-refractivity contribution in [3.63, 3.8) is 0 Å². The van der Waals surface area contributed by atoms with E-state index in [0.29, 0.717) is 21.7 Å². The number of rotatable bonds is 3. The van der Waals surface area contributed by atoms with Crippen LogP contribution in [-0.2, 0) is 12.8 Å². The summed E-state index contributed by atoms with van der Waals surface area (Å²) in [7, 11) is 1.91. The molecule has 0 saturated carbocycles. The second-order valence-corrected chi connectivity index (χ2v) is 6.47. The Morgan fingerprint density at radius 3 is 2.96 bits per heavy atom. The van der Waals surface area contributed by atoms with Crippen LogP contribution in [0, 0.1) is 6.92 Å². The van der Waals surface area contributed by atoms with Gasteiger partial charge in [0.1, 0.15) is 6.26 Å². The van der Waals surface area contributed by atoms with Crippen LogP contribution in [0.4, 0.5) is 0 Å². The van der Waals surface area contributed by atoms with E-state index >= 15 is 0 Å². The SMILES string of the molecule is Cc1[nH]cnc1CSc1coc2c(c1=O)c1ccccc1n2C. The average molecular weight is 325 g/mol. The summed E-state index contributed by atoms with van der Waals surface area (Å²) in [4.78, 5) is 20.8. The number of aromatic nitrogens is 3. The zero-order valence-corrected chi connectivity index (χ0v) is 13.6. The molecular weight excluding hydrogens is 310 g/mol. The zero-order valence-electron chi connectivity index (χ0n) is 12.8. The fourth-order valence-electron chi connectivity index (χ4n) is 2.79. The minimum Gasteiger partial charge on any atom is -0.446 e. The standard InChI is InChI=1S/C17H15N3O2S/c1-10-12(19-9-18-10)8-23-14-7-22-17-15(16(14)21)11-5-3-4-6-13(11)20(17)2/h3-7,9H,8H2,1-2H3,(H,18,19). The van der Waals surface area contributed by atoms with Gasteiger partial charge in [-0.05, 0) is 13.0 Å². The molecule has 6 heteroatoms. The normalized spacial score (nSPS) is 11.6. The molecule has 4 rings (SSSR count). The first-order valence-corrected chi connectivity index (χ1v) is 8.26. The van der Waals surface area contributed by atoms with Gasteiger partial charge >= 0.3 is 0 Å². The summed E-state index contributed by atoms with van der Waals surface area (Å²) in [6.45, 7) is 1.97. The van der Waals surface area contributed by atoms with Gasteiger partial charge in [-0.3, -0.25) is 4.79 Å². The largest absolute Gasteiger partial charge is 0.446 e. The van der Waals surface area contributed by atoms with E-state index in [2.05, 4.69) is 9.97 Å². The number of H-pyrrole nitrogens is 1. The number of imidazole rings is 1. The molecule has 0 bridgehead atoms. The van der Waals surface area contributed by atoms with Crippen LogP contribution in [0.3, 0.4) is 0 Å². The van der Waals surface area contributed by atoms with Crippen LogP contribution < -0.4 is 5.43 Å². The van der Waals surface area contributed by atoms with Crippen LogP contribution in [-0.4, -0.2) is 14.5 Å². The lowest BCUT2D eigenvalue weighted by atomic mass is 10.2. The highest BCUT2D eigenvalue weighted by Crippen LogP contribution is 2.28. The topological polar surface area (TPSA) is 63.8 Å². The molecule has 0 atom stereocenters. The Kier molecular flexibility index (Phi) is 3.27. The van der Waals surface area contributed by atoms with Crippen molar-refractivity contribution in [3.8, 4) is 0 Å². The van der Waals surface area contributed by atoms with E-state index in [-0.39, 0.29) is 5.43 Å². The van der Waals surface area contributed by atoms with Crippen molar-refractivity contribution < 1.29 is 4.42 Å². The third-order valence-electron chi connectivity index (χ3n) is 4.08. The number of fused-ring (bicyclic) bond motifs is 3. The molecule has 0 radical (unpaired) electrons. The van der Waals surface area contributed by atoms with Crippen molar-refractivity contribution >= 4 is 33.8 Å². The van der Waals surface area contributed by atoms with Crippen molar-refractivity contribution in [2.24, 2.45) is 7.05 Å². The highest BCUT2D eigenvalue weighted by molar-refractivity contribution is 7.98. The quantitative estimate of drug-likeness (QED) is 0.585. The smallest absolute Gasteiger partial charge is 0.211 e. The molecular formula is C17H15N3O2S. The second kappa shape index (κ2) is 5.31. The first-order chi connectivity index (χ1) is 11.2. The molecule has 3 heterocycles. The summed E-state index contributed by atoms with van der Waals surface area (Å²) < 4.78 is 7.67. The van der Waals surface area contributed by atoms with E-state index in [0.717, 1.165) is 22.3 Å². The van der Waals surface area contributed by atoms with Crippen molar-refractivity contribution in [1.82, 2.24) is 14.5 Å². The Hall–Kier alpha value is -2.47. The number of aromatic amines is 1. The molecule has 0 aliphatic rings. The highest BCUT2D eigenvalue weighted by Gasteiger charge is 2.16. The number of nitrogens with zero attached hydrogens (tertiary/aromatic N) is 2. The van der Waals surface area contributed by atoms with E-state index < -0.39 is 0 Å². The van der Waals surface area contributed by atoms with Gasteiger partial charge in [0.25, 0.3) is 0 Å². The summed E-state index contributed by atoms with van der Waals surface area (Å²) in [5, 5.41) is 1.57. The Balaban J connectivity index is 1.83. The minimum absolute atomic E-state index is 0.0150. The van der Waals surface area contributed by atoms with Gasteiger partial charge in [0.05, 0.1) is 27.8 Å². The first kappa shape index (κ1) is 14.1. The maximum atomic E-state index is 12.9. The third kappa shape index (κ3) is 2.17. The van der Waals surface area contributed by atoms with Gasteiger partial charge in [0.15, 0.2) is 0 Å². The first-order valence-electron chi connectivity index (χ1n) is 7.27. The van der Waals surface area contributed by atoms with Crippen molar-refractivity contribution in [2.45, 2.75) is 17.6 Å². The van der Waals surface area contributed by atoms with Crippen LogP contribution in [0.5, 0.6) is 0 Å². The van der Waals surface area contributed by atoms with Gasteiger partial charge in [-0.1, -0.05) is 18.2 Å². The summed E-state index contributed by atoms with van der Waals surface area (Å²) in [5.74, 6) is 0.635.